The van der Waals surface area contributed by atoms with Gasteiger partial charge in [0.25, 0.3) is 0 Å². The fraction of sp³-hybridized carbons (Fsp3) is 0.286. The summed E-state index contributed by atoms with van der Waals surface area (Å²) in [6, 6.07) is 19.4. The molecule has 0 aliphatic rings. The van der Waals surface area contributed by atoms with E-state index in [0.717, 1.165) is 15.6 Å². The van der Waals surface area contributed by atoms with Crippen molar-refractivity contribution in [2.24, 2.45) is 0 Å². The smallest absolute Gasteiger partial charge is 0.317 e. The average molecular weight is 445 g/mol. The zero-order valence-corrected chi connectivity index (χ0v) is 16.8. The Bertz CT molecular complexity index is 833. The summed E-state index contributed by atoms with van der Waals surface area (Å²) in [6.07, 6.45) is 0.907. The lowest BCUT2D eigenvalue weighted by Gasteiger charge is -2.29. The van der Waals surface area contributed by atoms with Gasteiger partial charge in [-0.3, -0.25) is 14.5 Å². The van der Waals surface area contributed by atoms with Crippen molar-refractivity contribution in [1.29, 1.82) is 5.26 Å². The van der Waals surface area contributed by atoms with Gasteiger partial charge in [-0.25, -0.2) is 0 Å². The molecule has 7 heteroatoms. The average Bonchev–Trinajstić information content (AvgIpc) is 2.66. The van der Waals surface area contributed by atoms with E-state index >= 15 is 0 Å². The summed E-state index contributed by atoms with van der Waals surface area (Å²) in [5.74, 6) is -2.16. The number of nitriles is 1. The molecule has 0 saturated carbocycles. The van der Waals surface area contributed by atoms with Crippen LogP contribution in [-0.4, -0.2) is 46.7 Å². The van der Waals surface area contributed by atoms with Crippen LogP contribution >= 0.6 is 15.9 Å². The van der Waals surface area contributed by atoms with Gasteiger partial charge in [0.2, 0.25) is 0 Å². The highest BCUT2D eigenvalue weighted by atomic mass is 79.9. The fourth-order valence-electron chi connectivity index (χ4n) is 3.26. The van der Waals surface area contributed by atoms with Crippen LogP contribution in [0.3, 0.4) is 0 Å². The number of nitrogens with zero attached hydrogens (tertiary/aromatic N) is 2. The first-order valence-corrected chi connectivity index (χ1v) is 9.55. The van der Waals surface area contributed by atoms with Crippen LogP contribution in [0.5, 0.6) is 0 Å². The van der Waals surface area contributed by atoms with Gasteiger partial charge in [-0.1, -0.05) is 58.4 Å². The quantitative estimate of drug-likeness (QED) is 0.581. The Morgan fingerprint density at radius 1 is 0.964 bits per heavy atom. The predicted octanol–water partition coefficient (Wildman–Crippen LogP) is 3.51. The lowest BCUT2D eigenvalue weighted by Crippen LogP contribution is -2.36. The molecular weight excluding hydrogens is 424 g/mol. The SMILES string of the molecule is N#CC(CCCN(CC(=O)O)CC(=O)O)(c1ccccc1)c1ccc(Br)cc1. The van der Waals surface area contributed by atoms with E-state index in [1.807, 2.05) is 54.6 Å². The number of halogens is 1. The summed E-state index contributed by atoms with van der Waals surface area (Å²) in [5, 5.41) is 28.1. The van der Waals surface area contributed by atoms with E-state index in [1.54, 1.807) is 0 Å². The molecule has 0 aliphatic carbocycles. The maximum absolute atomic E-state index is 11.0. The second kappa shape index (κ2) is 10.0. The molecule has 2 rings (SSSR count). The van der Waals surface area contributed by atoms with E-state index in [0.29, 0.717) is 12.8 Å². The Kier molecular flexibility index (Phi) is 7.73. The minimum Gasteiger partial charge on any atom is -0.480 e. The van der Waals surface area contributed by atoms with Crippen molar-refractivity contribution in [3.05, 3.63) is 70.2 Å². The highest BCUT2D eigenvalue weighted by Crippen LogP contribution is 2.37. The van der Waals surface area contributed by atoms with E-state index in [4.69, 9.17) is 10.2 Å². The lowest BCUT2D eigenvalue weighted by atomic mass is 9.72. The molecule has 1 atom stereocenters. The first-order chi connectivity index (χ1) is 13.4. The van der Waals surface area contributed by atoms with Crippen molar-refractivity contribution >= 4 is 27.9 Å². The molecule has 6 nitrogen and oxygen atoms in total. The third kappa shape index (κ3) is 5.65. The van der Waals surface area contributed by atoms with Crippen LogP contribution in [0, 0.1) is 11.3 Å². The molecule has 146 valence electrons. The summed E-state index contributed by atoms with van der Waals surface area (Å²) < 4.78 is 0.908. The second-order valence-corrected chi connectivity index (χ2v) is 7.41. The standard InChI is InChI=1S/C21H21BrN2O4/c22-18-9-7-17(8-10-18)21(15-23,16-5-2-1-3-6-16)11-4-12-24(13-19(25)26)14-20(27)28/h1-3,5-10H,4,11-14H2,(H,25,26)(H,27,28). The van der Waals surface area contributed by atoms with Crippen LogP contribution in [0.2, 0.25) is 0 Å². The predicted molar refractivity (Wildman–Crippen MR) is 108 cm³/mol. The van der Waals surface area contributed by atoms with Crippen LogP contribution in [0.1, 0.15) is 24.0 Å². The van der Waals surface area contributed by atoms with Crippen molar-refractivity contribution in [3.8, 4) is 6.07 Å². The summed E-state index contributed by atoms with van der Waals surface area (Å²) in [6.45, 7) is -0.434. The van der Waals surface area contributed by atoms with Crippen LogP contribution in [-0.2, 0) is 15.0 Å². The Morgan fingerprint density at radius 3 is 2.00 bits per heavy atom. The highest BCUT2D eigenvalue weighted by Gasteiger charge is 2.34. The summed E-state index contributed by atoms with van der Waals surface area (Å²) in [4.78, 5) is 23.3. The van der Waals surface area contributed by atoms with Crippen LogP contribution in [0.4, 0.5) is 0 Å². The van der Waals surface area contributed by atoms with Crippen LogP contribution in [0.15, 0.2) is 59.1 Å². The lowest BCUT2D eigenvalue weighted by molar-refractivity contribution is -0.141. The van der Waals surface area contributed by atoms with E-state index in [2.05, 4.69) is 22.0 Å². The minimum atomic E-state index is -1.08. The molecule has 1 unspecified atom stereocenters. The van der Waals surface area contributed by atoms with Gasteiger partial charge in [0.15, 0.2) is 0 Å². The van der Waals surface area contributed by atoms with Crippen molar-refractivity contribution < 1.29 is 19.8 Å². The molecule has 0 heterocycles. The molecule has 0 amide bonds. The monoisotopic (exact) mass is 444 g/mol. The maximum atomic E-state index is 11.0. The molecule has 0 spiro atoms. The molecular formula is C21H21BrN2O4. The van der Waals surface area contributed by atoms with Gasteiger partial charge in [-0.05, 0) is 42.6 Å². The van der Waals surface area contributed by atoms with Gasteiger partial charge in [-0.2, -0.15) is 5.26 Å². The Morgan fingerprint density at radius 2 is 1.50 bits per heavy atom. The topological polar surface area (TPSA) is 102 Å². The fourth-order valence-corrected chi connectivity index (χ4v) is 3.53. The van der Waals surface area contributed by atoms with Crippen molar-refractivity contribution in [3.63, 3.8) is 0 Å². The number of rotatable bonds is 10. The highest BCUT2D eigenvalue weighted by molar-refractivity contribution is 9.10. The van der Waals surface area contributed by atoms with Gasteiger partial charge >= 0.3 is 11.9 Å². The third-order valence-corrected chi connectivity index (χ3v) is 5.07. The van der Waals surface area contributed by atoms with Gasteiger partial charge < -0.3 is 10.2 Å². The number of carboxylic acid groups (broad SMARTS) is 2. The number of benzene rings is 2. The maximum Gasteiger partial charge on any atom is 0.317 e. The largest absolute Gasteiger partial charge is 0.480 e. The van der Waals surface area contributed by atoms with Gasteiger partial charge in [0, 0.05) is 4.47 Å². The van der Waals surface area contributed by atoms with E-state index in [-0.39, 0.29) is 19.6 Å². The number of carboxylic acids is 2. The molecule has 2 aromatic rings. The summed E-state index contributed by atoms with van der Waals surface area (Å²) in [7, 11) is 0. The Hall–Kier alpha value is -2.69. The molecule has 0 fully saturated rings. The van der Waals surface area contributed by atoms with E-state index in [1.165, 1.54) is 4.90 Å². The van der Waals surface area contributed by atoms with Crippen molar-refractivity contribution in [2.45, 2.75) is 18.3 Å². The molecule has 2 aromatic carbocycles. The molecule has 0 aliphatic heterocycles. The van der Waals surface area contributed by atoms with E-state index < -0.39 is 17.4 Å². The first kappa shape index (κ1) is 21.6. The number of hydrogen-bond donors (Lipinski definition) is 2. The van der Waals surface area contributed by atoms with Gasteiger partial charge in [-0.15, -0.1) is 0 Å². The van der Waals surface area contributed by atoms with Gasteiger partial charge in [0.05, 0.1) is 19.2 Å². The van der Waals surface area contributed by atoms with Crippen LogP contribution < -0.4 is 0 Å². The molecule has 0 radical (unpaired) electrons. The second-order valence-electron chi connectivity index (χ2n) is 6.49. The third-order valence-electron chi connectivity index (χ3n) is 4.54. The van der Waals surface area contributed by atoms with Gasteiger partial charge in [0.1, 0.15) is 5.41 Å². The molecule has 0 saturated heterocycles. The number of aliphatic carboxylic acids is 2. The summed E-state index contributed by atoms with van der Waals surface area (Å²) >= 11 is 3.41. The zero-order valence-electron chi connectivity index (χ0n) is 15.2. The Balaban J connectivity index is 2.27. The van der Waals surface area contributed by atoms with Crippen molar-refractivity contribution in [1.82, 2.24) is 4.90 Å². The van der Waals surface area contributed by atoms with Crippen LogP contribution in [0.25, 0.3) is 0 Å². The minimum absolute atomic E-state index is 0.269. The Labute approximate surface area is 172 Å². The molecule has 0 bridgehead atoms. The normalized spacial score (nSPS) is 12.9. The molecule has 0 aromatic heterocycles. The number of hydrogen-bond acceptors (Lipinski definition) is 4. The molecule has 2 N–H and O–H groups in total. The first-order valence-electron chi connectivity index (χ1n) is 8.76. The van der Waals surface area contributed by atoms with Crippen molar-refractivity contribution in [2.75, 3.05) is 19.6 Å². The molecule has 28 heavy (non-hydrogen) atoms. The summed E-state index contributed by atoms with van der Waals surface area (Å²) in [5.41, 5.74) is 0.787. The zero-order chi connectivity index (χ0) is 20.6. The van der Waals surface area contributed by atoms with E-state index in [9.17, 15) is 14.9 Å². The number of carbonyl (C=O) groups is 2.